The number of anilines is 1. The first kappa shape index (κ1) is 17.8. The molecule has 0 atom stereocenters. The second kappa shape index (κ2) is 7.88. The van der Waals surface area contributed by atoms with E-state index in [1.165, 1.54) is 0 Å². The number of halogens is 1. The van der Waals surface area contributed by atoms with Crippen LogP contribution in [0.4, 0.5) is 10.5 Å². The average molecular weight is 423 g/mol. The molecule has 6 nitrogen and oxygen atoms in total. The first-order valence-corrected chi connectivity index (χ1v) is 9.55. The predicted molar refractivity (Wildman–Crippen MR) is 103 cm³/mol. The Morgan fingerprint density at radius 1 is 1.08 bits per heavy atom. The van der Waals surface area contributed by atoms with Crippen LogP contribution in [0.2, 0.25) is 0 Å². The van der Waals surface area contributed by atoms with Crippen LogP contribution in [0.25, 0.3) is 0 Å². The number of urea groups is 1. The standard InChI is InChI=1S/C17H19BrN4O2S/c18-15-6-5-14(25-15)11-20-17(24)22-9-7-21(8-10-22)13-3-1-12(2-4-13)16(19)23/h1-6H,7-11H2,(H2,19,23)(H,20,24). The van der Waals surface area contributed by atoms with Gasteiger partial charge in [0.15, 0.2) is 0 Å². The Morgan fingerprint density at radius 3 is 2.32 bits per heavy atom. The van der Waals surface area contributed by atoms with Gasteiger partial charge in [0.2, 0.25) is 5.91 Å². The number of nitrogens with zero attached hydrogens (tertiary/aromatic N) is 2. The molecule has 1 saturated heterocycles. The van der Waals surface area contributed by atoms with Crippen LogP contribution in [0.15, 0.2) is 40.2 Å². The second-order valence-electron chi connectivity index (χ2n) is 5.75. The number of benzene rings is 1. The molecule has 0 spiro atoms. The largest absolute Gasteiger partial charge is 0.368 e. The van der Waals surface area contributed by atoms with E-state index in [-0.39, 0.29) is 6.03 Å². The highest BCUT2D eigenvalue weighted by molar-refractivity contribution is 9.11. The van der Waals surface area contributed by atoms with Gasteiger partial charge < -0.3 is 20.9 Å². The van der Waals surface area contributed by atoms with Gasteiger partial charge in [0.25, 0.3) is 0 Å². The maximum atomic E-state index is 12.3. The third kappa shape index (κ3) is 4.52. The highest BCUT2D eigenvalue weighted by Crippen LogP contribution is 2.22. The molecule has 0 aliphatic carbocycles. The molecule has 8 heteroatoms. The first-order chi connectivity index (χ1) is 12.0. The lowest BCUT2D eigenvalue weighted by molar-refractivity contribution is 0.1000. The molecule has 0 saturated carbocycles. The molecule has 3 amide bonds. The number of primary amides is 1. The van der Waals surface area contributed by atoms with Crippen LogP contribution in [0.5, 0.6) is 0 Å². The maximum Gasteiger partial charge on any atom is 0.317 e. The van der Waals surface area contributed by atoms with Gasteiger partial charge in [-0.05, 0) is 52.3 Å². The van der Waals surface area contributed by atoms with Crippen molar-refractivity contribution in [2.45, 2.75) is 6.54 Å². The molecule has 1 aromatic heterocycles. The van der Waals surface area contributed by atoms with E-state index in [4.69, 9.17) is 5.73 Å². The Hall–Kier alpha value is -2.06. The zero-order valence-corrected chi connectivity index (χ0v) is 16.0. The van der Waals surface area contributed by atoms with Gasteiger partial charge in [0.1, 0.15) is 0 Å². The summed E-state index contributed by atoms with van der Waals surface area (Å²) in [6.45, 7) is 3.39. The lowest BCUT2D eigenvalue weighted by Gasteiger charge is -2.36. The lowest BCUT2D eigenvalue weighted by atomic mass is 10.1. The summed E-state index contributed by atoms with van der Waals surface area (Å²) in [5, 5.41) is 2.96. The fourth-order valence-corrected chi connectivity index (χ4v) is 4.15. The maximum absolute atomic E-state index is 12.3. The fourth-order valence-electron chi connectivity index (χ4n) is 2.73. The lowest BCUT2D eigenvalue weighted by Crippen LogP contribution is -2.51. The van der Waals surface area contributed by atoms with Crippen molar-refractivity contribution in [2.24, 2.45) is 5.73 Å². The van der Waals surface area contributed by atoms with E-state index >= 15 is 0 Å². The number of thiophene rings is 1. The van der Waals surface area contributed by atoms with Crippen LogP contribution in [0.1, 0.15) is 15.2 Å². The highest BCUT2D eigenvalue weighted by atomic mass is 79.9. The number of amides is 3. The molecule has 2 aromatic rings. The molecule has 0 bridgehead atoms. The molecule has 2 heterocycles. The molecular weight excluding hydrogens is 404 g/mol. The van der Waals surface area contributed by atoms with Crippen LogP contribution in [0, 0.1) is 0 Å². The van der Waals surface area contributed by atoms with Gasteiger partial charge in [0, 0.05) is 42.3 Å². The summed E-state index contributed by atoms with van der Waals surface area (Å²) >= 11 is 5.04. The minimum atomic E-state index is -0.425. The number of piperazine rings is 1. The molecule has 1 aliphatic heterocycles. The number of hydrogen-bond donors (Lipinski definition) is 2. The van der Waals surface area contributed by atoms with Gasteiger partial charge in [-0.25, -0.2) is 4.79 Å². The van der Waals surface area contributed by atoms with Gasteiger partial charge in [-0.15, -0.1) is 11.3 Å². The Bertz CT molecular complexity index is 754. The van der Waals surface area contributed by atoms with E-state index in [0.29, 0.717) is 25.2 Å². The van der Waals surface area contributed by atoms with Crippen LogP contribution in [-0.2, 0) is 6.54 Å². The molecule has 25 heavy (non-hydrogen) atoms. The van der Waals surface area contributed by atoms with Crippen LogP contribution in [-0.4, -0.2) is 43.0 Å². The van der Waals surface area contributed by atoms with Gasteiger partial charge in [-0.2, -0.15) is 0 Å². The summed E-state index contributed by atoms with van der Waals surface area (Å²) in [5.41, 5.74) is 6.80. The van der Waals surface area contributed by atoms with E-state index in [0.717, 1.165) is 27.4 Å². The van der Waals surface area contributed by atoms with E-state index < -0.39 is 5.91 Å². The Morgan fingerprint density at radius 2 is 1.76 bits per heavy atom. The third-order valence-corrected chi connectivity index (χ3v) is 5.75. The summed E-state index contributed by atoms with van der Waals surface area (Å²) in [6, 6.07) is 11.2. The molecule has 1 fully saturated rings. The van der Waals surface area contributed by atoms with Gasteiger partial charge in [-0.1, -0.05) is 0 Å². The van der Waals surface area contributed by atoms with Crippen molar-refractivity contribution in [2.75, 3.05) is 31.1 Å². The van der Waals surface area contributed by atoms with Crippen LogP contribution >= 0.6 is 27.3 Å². The molecule has 3 rings (SSSR count). The molecule has 1 aliphatic rings. The van der Waals surface area contributed by atoms with Crippen molar-refractivity contribution < 1.29 is 9.59 Å². The van der Waals surface area contributed by atoms with Crippen molar-refractivity contribution >= 4 is 44.9 Å². The Balaban J connectivity index is 1.49. The van der Waals surface area contributed by atoms with E-state index in [2.05, 4.69) is 26.1 Å². The van der Waals surface area contributed by atoms with Crippen LogP contribution < -0.4 is 16.0 Å². The molecule has 3 N–H and O–H groups in total. The third-order valence-electron chi connectivity index (χ3n) is 4.13. The van der Waals surface area contributed by atoms with E-state index in [1.54, 1.807) is 23.5 Å². The minimum Gasteiger partial charge on any atom is -0.368 e. The number of hydrogen-bond acceptors (Lipinski definition) is 4. The summed E-state index contributed by atoms with van der Waals surface area (Å²) in [5.74, 6) is -0.425. The zero-order valence-electron chi connectivity index (χ0n) is 13.6. The minimum absolute atomic E-state index is 0.0340. The summed E-state index contributed by atoms with van der Waals surface area (Å²) in [4.78, 5) is 28.6. The molecular formula is C17H19BrN4O2S. The van der Waals surface area contributed by atoms with Crippen molar-refractivity contribution in [3.8, 4) is 0 Å². The van der Waals surface area contributed by atoms with Crippen molar-refractivity contribution in [3.63, 3.8) is 0 Å². The number of nitrogens with one attached hydrogen (secondary N) is 1. The topological polar surface area (TPSA) is 78.7 Å². The molecule has 0 unspecified atom stereocenters. The van der Waals surface area contributed by atoms with Gasteiger partial charge in [0.05, 0.1) is 10.3 Å². The van der Waals surface area contributed by atoms with Gasteiger partial charge in [-0.3, -0.25) is 4.79 Å². The van der Waals surface area contributed by atoms with Crippen LogP contribution in [0.3, 0.4) is 0 Å². The van der Waals surface area contributed by atoms with E-state index in [9.17, 15) is 9.59 Å². The SMILES string of the molecule is NC(=O)c1ccc(N2CCN(C(=O)NCc3ccc(Br)s3)CC2)cc1. The number of carbonyl (C=O) groups is 2. The Labute approximate surface area is 158 Å². The first-order valence-electron chi connectivity index (χ1n) is 7.95. The van der Waals surface area contributed by atoms with Crippen molar-refractivity contribution in [1.29, 1.82) is 0 Å². The quantitative estimate of drug-likeness (QED) is 0.794. The predicted octanol–water partition coefficient (Wildman–Crippen LogP) is 2.64. The number of carbonyl (C=O) groups excluding carboxylic acids is 2. The second-order valence-corrected chi connectivity index (χ2v) is 8.30. The summed E-state index contributed by atoms with van der Waals surface area (Å²) in [6.07, 6.45) is 0. The monoisotopic (exact) mass is 422 g/mol. The van der Waals surface area contributed by atoms with Crippen molar-refractivity contribution in [3.05, 3.63) is 50.6 Å². The molecule has 132 valence electrons. The number of nitrogens with two attached hydrogens (primary N) is 1. The molecule has 1 aromatic carbocycles. The molecule has 0 radical (unpaired) electrons. The number of rotatable bonds is 4. The highest BCUT2D eigenvalue weighted by Gasteiger charge is 2.21. The zero-order chi connectivity index (χ0) is 17.8. The van der Waals surface area contributed by atoms with Gasteiger partial charge >= 0.3 is 6.03 Å². The summed E-state index contributed by atoms with van der Waals surface area (Å²) in [7, 11) is 0. The Kier molecular flexibility index (Phi) is 5.60. The van der Waals surface area contributed by atoms with E-state index in [1.807, 2.05) is 29.2 Å². The smallest absolute Gasteiger partial charge is 0.317 e. The van der Waals surface area contributed by atoms with Crippen molar-refractivity contribution in [1.82, 2.24) is 10.2 Å². The average Bonchev–Trinajstić information content (AvgIpc) is 3.05. The summed E-state index contributed by atoms with van der Waals surface area (Å²) < 4.78 is 1.06. The normalized spacial score (nSPS) is 14.4. The fraction of sp³-hybridized carbons (Fsp3) is 0.294.